The van der Waals surface area contributed by atoms with Gasteiger partial charge in [-0.25, -0.2) is 0 Å². The Morgan fingerprint density at radius 1 is 1.10 bits per heavy atom. The molecule has 0 fully saturated rings. The highest BCUT2D eigenvalue weighted by molar-refractivity contribution is 6.35. The summed E-state index contributed by atoms with van der Waals surface area (Å²) >= 11 is 12.4. The fraction of sp³-hybridized carbons (Fsp3) is 0.417. The van der Waals surface area contributed by atoms with Crippen LogP contribution in [0.5, 0.6) is 5.75 Å². The van der Waals surface area contributed by atoms with Gasteiger partial charge in [0.1, 0.15) is 11.8 Å². The number of hydrogen-bond donors (Lipinski definition) is 1. The summed E-state index contributed by atoms with van der Waals surface area (Å²) < 4.78 is 5.83. The van der Waals surface area contributed by atoms with Crippen LogP contribution in [0.4, 0.5) is 0 Å². The second-order valence-electron chi connectivity index (χ2n) is 7.90. The van der Waals surface area contributed by atoms with E-state index in [1.807, 2.05) is 52.8 Å². The summed E-state index contributed by atoms with van der Waals surface area (Å²) in [7, 11) is 0. The molecule has 0 radical (unpaired) electrons. The lowest BCUT2D eigenvalue weighted by Gasteiger charge is -2.31. The van der Waals surface area contributed by atoms with Gasteiger partial charge in [-0.15, -0.1) is 0 Å². The van der Waals surface area contributed by atoms with E-state index >= 15 is 0 Å². The van der Waals surface area contributed by atoms with Crippen LogP contribution in [-0.4, -0.2) is 35.4 Å². The Balaban J connectivity index is 2.29. The van der Waals surface area contributed by atoms with Crippen LogP contribution < -0.4 is 10.1 Å². The normalized spacial score (nSPS) is 11.9. The SMILES string of the molecule is CCC(C(=O)NC(C)C)N(Cc1ccc(Cl)cc1Cl)C(=O)COc1cc(C)ccc1C. The number of amides is 2. The van der Waals surface area contributed by atoms with Crippen molar-refractivity contribution in [3.63, 3.8) is 0 Å². The molecule has 0 saturated carbocycles. The van der Waals surface area contributed by atoms with Gasteiger partial charge in [-0.1, -0.05) is 48.3 Å². The highest BCUT2D eigenvalue weighted by atomic mass is 35.5. The number of aryl methyl sites for hydroxylation is 2. The minimum absolute atomic E-state index is 0.0381. The van der Waals surface area contributed by atoms with Gasteiger partial charge in [0.25, 0.3) is 5.91 Å². The summed E-state index contributed by atoms with van der Waals surface area (Å²) in [4.78, 5) is 27.6. The largest absolute Gasteiger partial charge is 0.483 e. The molecule has 0 heterocycles. The van der Waals surface area contributed by atoms with E-state index in [9.17, 15) is 9.59 Å². The Hall–Kier alpha value is -2.24. The lowest BCUT2D eigenvalue weighted by atomic mass is 10.1. The zero-order chi connectivity index (χ0) is 23.1. The van der Waals surface area contributed by atoms with E-state index in [4.69, 9.17) is 27.9 Å². The average Bonchev–Trinajstić information content (AvgIpc) is 2.69. The molecule has 1 atom stereocenters. The van der Waals surface area contributed by atoms with Gasteiger partial charge in [0.05, 0.1) is 0 Å². The van der Waals surface area contributed by atoms with E-state index < -0.39 is 6.04 Å². The molecule has 0 aromatic heterocycles. The van der Waals surface area contributed by atoms with Crippen LogP contribution in [-0.2, 0) is 16.1 Å². The third-order valence-electron chi connectivity index (χ3n) is 4.87. The van der Waals surface area contributed by atoms with Crippen LogP contribution in [0.2, 0.25) is 10.0 Å². The molecule has 0 aliphatic carbocycles. The number of nitrogens with one attached hydrogen (secondary N) is 1. The first-order valence-corrected chi connectivity index (χ1v) is 11.1. The predicted molar refractivity (Wildman–Crippen MR) is 126 cm³/mol. The summed E-state index contributed by atoms with van der Waals surface area (Å²) in [6.45, 7) is 9.53. The maximum Gasteiger partial charge on any atom is 0.261 e. The van der Waals surface area contributed by atoms with Gasteiger partial charge in [-0.05, 0) is 69.0 Å². The molecule has 0 aliphatic heterocycles. The Bertz CT molecular complexity index is 931. The number of rotatable bonds is 9. The average molecular weight is 465 g/mol. The highest BCUT2D eigenvalue weighted by Gasteiger charge is 2.29. The van der Waals surface area contributed by atoms with Crippen molar-refractivity contribution in [2.24, 2.45) is 0 Å². The lowest BCUT2D eigenvalue weighted by Crippen LogP contribution is -2.51. The molecular formula is C24H30Cl2N2O3. The summed E-state index contributed by atoms with van der Waals surface area (Å²) in [5.74, 6) is 0.151. The monoisotopic (exact) mass is 464 g/mol. The summed E-state index contributed by atoms with van der Waals surface area (Å²) in [5, 5.41) is 3.85. The smallest absolute Gasteiger partial charge is 0.261 e. The van der Waals surface area contributed by atoms with Crippen molar-refractivity contribution >= 4 is 35.0 Å². The topological polar surface area (TPSA) is 58.6 Å². The van der Waals surface area contributed by atoms with Crippen molar-refractivity contribution < 1.29 is 14.3 Å². The maximum absolute atomic E-state index is 13.2. The fourth-order valence-corrected chi connectivity index (χ4v) is 3.69. The quantitative estimate of drug-likeness (QED) is 0.545. The number of nitrogens with zero attached hydrogens (tertiary/aromatic N) is 1. The molecule has 2 aromatic rings. The van der Waals surface area contributed by atoms with Crippen molar-refractivity contribution in [2.45, 2.75) is 59.7 Å². The number of benzene rings is 2. The molecule has 5 nitrogen and oxygen atoms in total. The molecule has 168 valence electrons. The van der Waals surface area contributed by atoms with Crippen molar-refractivity contribution in [2.75, 3.05) is 6.61 Å². The molecule has 0 spiro atoms. The van der Waals surface area contributed by atoms with E-state index in [1.54, 1.807) is 18.2 Å². The van der Waals surface area contributed by atoms with Gasteiger partial charge in [0, 0.05) is 22.6 Å². The molecule has 7 heteroatoms. The van der Waals surface area contributed by atoms with E-state index in [-0.39, 0.29) is 31.0 Å². The minimum Gasteiger partial charge on any atom is -0.483 e. The molecule has 0 aliphatic rings. The Labute approximate surface area is 194 Å². The number of halogens is 2. The first-order valence-electron chi connectivity index (χ1n) is 10.4. The van der Waals surface area contributed by atoms with Crippen molar-refractivity contribution in [3.8, 4) is 5.75 Å². The first-order chi connectivity index (χ1) is 14.6. The minimum atomic E-state index is -0.649. The Morgan fingerprint density at radius 2 is 1.81 bits per heavy atom. The fourth-order valence-electron chi connectivity index (χ4n) is 3.22. The standard InChI is InChI=1S/C24H30Cl2N2O3/c1-6-21(24(30)27-15(2)3)28(13-18-9-10-19(25)12-20(18)26)23(29)14-31-22-11-16(4)7-8-17(22)5/h7-12,15,21H,6,13-14H2,1-5H3,(H,27,30). The van der Waals surface area contributed by atoms with Gasteiger partial charge < -0.3 is 15.0 Å². The van der Waals surface area contributed by atoms with Gasteiger partial charge in [0.15, 0.2) is 6.61 Å². The Kier molecular flexibility index (Phi) is 9.20. The lowest BCUT2D eigenvalue weighted by molar-refractivity contribution is -0.143. The second kappa shape index (κ2) is 11.4. The van der Waals surface area contributed by atoms with Crippen LogP contribution in [0.25, 0.3) is 0 Å². The molecule has 2 aromatic carbocycles. The van der Waals surface area contributed by atoms with E-state index in [0.717, 1.165) is 11.1 Å². The van der Waals surface area contributed by atoms with Crippen molar-refractivity contribution in [1.29, 1.82) is 0 Å². The van der Waals surface area contributed by atoms with Crippen LogP contribution in [0.15, 0.2) is 36.4 Å². The molecule has 0 saturated heterocycles. The number of carbonyl (C=O) groups is 2. The third-order valence-corrected chi connectivity index (χ3v) is 5.45. The highest BCUT2D eigenvalue weighted by Crippen LogP contribution is 2.24. The van der Waals surface area contributed by atoms with Crippen molar-refractivity contribution in [1.82, 2.24) is 10.2 Å². The first kappa shape index (κ1) is 25.0. The van der Waals surface area contributed by atoms with Gasteiger partial charge >= 0.3 is 0 Å². The third kappa shape index (κ3) is 7.15. The summed E-state index contributed by atoms with van der Waals surface area (Å²) in [5.41, 5.74) is 2.69. The zero-order valence-corrected chi connectivity index (χ0v) is 20.2. The molecule has 2 rings (SSSR count). The number of ether oxygens (including phenoxy) is 1. The molecular weight excluding hydrogens is 435 g/mol. The number of hydrogen-bond acceptors (Lipinski definition) is 3. The summed E-state index contributed by atoms with van der Waals surface area (Å²) in [6.07, 6.45) is 0.457. The number of carbonyl (C=O) groups excluding carboxylic acids is 2. The molecule has 31 heavy (non-hydrogen) atoms. The van der Waals surface area contributed by atoms with Crippen molar-refractivity contribution in [3.05, 3.63) is 63.1 Å². The van der Waals surface area contributed by atoms with Crippen LogP contribution in [0.1, 0.15) is 43.9 Å². The molecule has 2 amide bonds. The molecule has 1 unspecified atom stereocenters. The maximum atomic E-state index is 13.2. The van der Waals surface area contributed by atoms with E-state index in [0.29, 0.717) is 27.8 Å². The Morgan fingerprint density at radius 3 is 2.42 bits per heavy atom. The van der Waals surface area contributed by atoms with Crippen LogP contribution in [0.3, 0.4) is 0 Å². The molecule has 0 bridgehead atoms. The second-order valence-corrected chi connectivity index (χ2v) is 8.75. The van der Waals surface area contributed by atoms with Gasteiger partial charge in [-0.2, -0.15) is 0 Å². The van der Waals surface area contributed by atoms with Crippen LogP contribution >= 0.6 is 23.2 Å². The van der Waals surface area contributed by atoms with E-state index in [1.165, 1.54) is 4.90 Å². The van der Waals surface area contributed by atoms with Gasteiger partial charge in [-0.3, -0.25) is 9.59 Å². The van der Waals surface area contributed by atoms with E-state index in [2.05, 4.69) is 5.32 Å². The zero-order valence-electron chi connectivity index (χ0n) is 18.7. The van der Waals surface area contributed by atoms with Gasteiger partial charge in [0.2, 0.25) is 5.91 Å². The molecule has 1 N–H and O–H groups in total. The predicted octanol–water partition coefficient (Wildman–Crippen LogP) is 5.32. The van der Waals surface area contributed by atoms with Crippen LogP contribution in [0, 0.1) is 13.8 Å². The summed E-state index contributed by atoms with van der Waals surface area (Å²) in [6, 6.07) is 10.3.